The predicted octanol–water partition coefficient (Wildman–Crippen LogP) is 5.26. The van der Waals surface area contributed by atoms with Crippen LogP contribution in [0.2, 0.25) is 0 Å². The van der Waals surface area contributed by atoms with Crippen molar-refractivity contribution >= 4 is 11.8 Å². The summed E-state index contributed by atoms with van der Waals surface area (Å²) in [7, 11) is 0. The Morgan fingerprint density at radius 3 is 2.17 bits per heavy atom. The quantitative estimate of drug-likeness (QED) is 0.669. The first-order valence-electron chi connectivity index (χ1n) is 5.21. The van der Waals surface area contributed by atoms with Gasteiger partial charge in [0.2, 0.25) is 0 Å². The Labute approximate surface area is 108 Å². The molecule has 0 unspecified atom stereocenters. The SMILES string of the molecule is [CH2]Sc1ccc(-c2ccccc2)c(C(F)(F)F)c1. The number of thioether (sulfide) groups is 1. The third kappa shape index (κ3) is 2.70. The normalized spacial score (nSPS) is 11.6. The Bertz CT molecular complexity index is 532. The van der Waals surface area contributed by atoms with Crippen molar-refractivity contribution in [3.05, 3.63) is 60.4 Å². The van der Waals surface area contributed by atoms with E-state index < -0.39 is 11.7 Å². The molecule has 0 nitrogen and oxygen atoms in total. The number of benzene rings is 2. The van der Waals surface area contributed by atoms with Gasteiger partial charge in [0.25, 0.3) is 0 Å². The van der Waals surface area contributed by atoms with Crippen LogP contribution in [0.5, 0.6) is 0 Å². The van der Waals surface area contributed by atoms with Crippen molar-refractivity contribution in [3.63, 3.8) is 0 Å². The minimum absolute atomic E-state index is 0.195. The fourth-order valence-electron chi connectivity index (χ4n) is 1.72. The van der Waals surface area contributed by atoms with E-state index >= 15 is 0 Å². The standard InChI is InChI=1S/C14H10F3S/c1-18-11-7-8-12(10-5-3-2-4-6-10)13(9-11)14(15,16)17/h2-9H,1H2. The molecule has 4 heteroatoms. The van der Waals surface area contributed by atoms with E-state index in [1.807, 2.05) is 0 Å². The molecule has 0 N–H and O–H groups in total. The second-order valence-electron chi connectivity index (χ2n) is 3.72. The van der Waals surface area contributed by atoms with Gasteiger partial charge < -0.3 is 0 Å². The molecule has 0 atom stereocenters. The van der Waals surface area contributed by atoms with Gasteiger partial charge in [0.15, 0.2) is 0 Å². The lowest BCUT2D eigenvalue weighted by Crippen LogP contribution is -2.07. The summed E-state index contributed by atoms with van der Waals surface area (Å²) in [6.45, 7) is 0. The van der Waals surface area contributed by atoms with Crippen LogP contribution < -0.4 is 0 Å². The van der Waals surface area contributed by atoms with Crippen molar-refractivity contribution < 1.29 is 13.2 Å². The second-order valence-corrected chi connectivity index (χ2v) is 4.48. The molecule has 2 aromatic carbocycles. The zero-order valence-corrected chi connectivity index (χ0v) is 10.2. The highest BCUT2D eigenvalue weighted by Crippen LogP contribution is 2.38. The maximum atomic E-state index is 13.0. The van der Waals surface area contributed by atoms with Crippen molar-refractivity contribution in [3.8, 4) is 11.1 Å². The highest BCUT2D eigenvalue weighted by atomic mass is 32.2. The monoisotopic (exact) mass is 267 g/mol. The van der Waals surface area contributed by atoms with Crippen molar-refractivity contribution in [1.82, 2.24) is 0 Å². The van der Waals surface area contributed by atoms with Gasteiger partial charge >= 0.3 is 6.18 Å². The van der Waals surface area contributed by atoms with E-state index in [0.29, 0.717) is 10.5 Å². The average molecular weight is 267 g/mol. The molecular weight excluding hydrogens is 257 g/mol. The minimum atomic E-state index is -4.36. The third-order valence-corrected chi connectivity index (χ3v) is 3.14. The molecule has 0 aliphatic rings. The van der Waals surface area contributed by atoms with E-state index in [1.54, 1.807) is 36.4 Å². The summed E-state index contributed by atoms with van der Waals surface area (Å²) in [5.74, 6) is 0. The van der Waals surface area contributed by atoms with Gasteiger partial charge in [-0.3, -0.25) is 0 Å². The van der Waals surface area contributed by atoms with Crippen LogP contribution in [0.25, 0.3) is 11.1 Å². The van der Waals surface area contributed by atoms with Gasteiger partial charge in [0.05, 0.1) is 5.56 Å². The number of halogens is 3. The summed E-state index contributed by atoms with van der Waals surface area (Å²) in [5.41, 5.74) is 0.133. The molecule has 0 spiro atoms. The summed E-state index contributed by atoms with van der Waals surface area (Å²) in [6.07, 6.45) is -0.833. The Kier molecular flexibility index (Phi) is 3.66. The van der Waals surface area contributed by atoms with Gasteiger partial charge in [-0.1, -0.05) is 36.4 Å². The van der Waals surface area contributed by atoms with Crippen molar-refractivity contribution in [2.24, 2.45) is 0 Å². The molecule has 0 aromatic heterocycles. The first-order valence-corrected chi connectivity index (χ1v) is 6.19. The van der Waals surface area contributed by atoms with E-state index in [9.17, 15) is 13.2 Å². The van der Waals surface area contributed by atoms with Crippen LogP contribution in [0.1, 0.15) is 5.56 Å². The van der Waals surface area contributed by atoms with Crippen LogP contribution in [-0.4, -0.2) is 0 Å². The fourth-order valence-corrected chi connectivity index (χ4v) is 2.08. The number of hydrogen-bond acceptors (Lipinski definition) is 1. The summed E-state index contributed by atoms with van der Waals surface area (Å²) in [4.78, 5) is 0.502. The lowest BCUT2D eigenvalue weighted by atomic mass is 9.99. The average Bonchev–Trinajstić information content (AvgIpc) is 2.38. The zero-order chi connectivity index (χ0) is 13.2. The van der Waals surface area contributed by atoms with Crippen LogP contribution in [0.4, 0.5) is 13.2 Å². The van der Waals surface area contributed by atoms with Crippen molar-refractivity contribution in [1.29, 1.82) is 0 Å². The van der Waals surface area contributed by atoms with E-state index in [0.717, 1.165) is 17.8 Å². The summed E-state index contributed by atoms with van der Waals surface area (Å²) in [5, 5.41) is 0. The maximum Gasteiger partial charge on any atom is 0.417 e. The molecule has 0 amide bonds. The molecule has 0 heterocycles. The molecule has 2 aromatic rings. The largest absolute Gasteiger partial charge is 0.417 e. The summed E-state index contributed by atoms with van der Waals surface area (Å²) in [6, 6.07) is 12.8. The van der Waals surface area contributed by atoms with Crippen molar-refractivity contribution in [2.45, 2.75) is 11.1 Å². The Hall–Kier alpha value is -1.42. The fraction of sp³-hybridized carbons (Fsp3) is 0.0714. The van der Waals surface area contributed by atoms with Gasteiger partial charge in [-0.15, -0.1) is 11.8 Å². The van der Waals surface area contributed by atoms with Crippen LogP contribution in [0, 0.1) is 6.26 Å². The van der Waals surface area contributed by atoms with Crippen LogP contribution in [0.15, 0.2) is 53.4 Å². The predicted molar refractivity (Wildman–Crippen MR) is 68.1 cm³/mol. The molecule has 0 saturated carbocycles. The zero-order valence-electron chi connectivity index (χ0n) is 9.37. The Balaban J connectivity index is 2.61. The Morgan fingerprint density at radius 1 is 0.944 bits per heavy atom. The lowest BCUT2D eigenvalue weighted by Gasteiger charge is -2.14. The van der Waals surface area contributed by atoms with Gasteiger partial charge in [0, 0.05) is 11.2 Å². The van der Waals surface area contributed by atoms with E-state index in [4.69, 9.17) is 0 Å². The highest BCUT2D eigenvalue weighted by Gasteiger charge is 2.33. The van der Waals surface area contributed by atoms with E-state index in [-0.39, 0.29) is 5.56 Å². The molecule has 0 aliphatic heterocycles. The first-order chi connectivity index (χ1) is 8.52. The third-order valence-electron chi connectivity index (χ3n) is 2.55. The minimum Gasteiger partial charge on any atom is -0.166 e. The molecule has 2 rings (SSSR count). The van der Waals surface area contributed by atoms with Crippen LogP contribution in [0.3, 0.4) is 0 Å². The van der Waals surface area contributed by atoms with Crippen LogP contribution in [-0.2, 0) is 6.18 Å². The van der Waals surface area contributed by atoms with Gasteiger partial charge in [-0.2, -0.15) is 13.2 Å². The molecule has 0 aliphatic carbocycles. The smallest absolute Gasteiger partial charge is 0.166 e. The van der Waals surface area contributed by atoms with E-state index in [1.165, 1.54) is 6.07 Å². The molecule has 0 saturated heterocycles. The molecular formula is C14H10F3S. The van der Waals surface area contributed by atoms with E-state index in [2.05, 4.69) is 6.26 Å². The number of hydrogen-bond donors (Lipinski definition) is 0. The number of rotatable bonds is 2. The topological polar surface area (TPSA) is 0 Å². The lowest BCUT2D eigenvalue weighted by molar-refractivity contribution is -0.137. The molecule has 0 bridgehead atoms. The second kappa shape index (κ2) is 5.06. The summed E-state index contributed by atoms with van der Waals surface area (Å²) < 4.78 is 39.1. The Morgan fingerprint density at radius 2 is 1.61 bits per heavy atom. The van der Waals surface area contributed by atoms with Crippen molar-refractivity contribution in [2.75, 3.05) is 0 Å². The molecule has 1 radical (unpaired) electrons. The molecule has 18 heavy (non-hydrogen) atoms. The first kappa shape index (κ1) is 13.0. The molecule has 93 valence electrons. The highest BCUT2D eigenvalue weighted by molar-refractivity contribution is 8.00. The van der Waals surface area contributed by atoms with Gasteiger partial charge in [-0.05, 0) is 23.3 Å². The molecule has 0 fully saturated rings. The van der Waals surface area contributed by atoms with Crippen LogP contribution >= 0.6 is 11.8 Å². The maximum absolute atomic E-state index is 13.0. The van der Waals surface area contributed by atoms with Gasteiger partial charge in [-0.25, -0.2) is 0 Å². The summed E-state index contributed by atoms with van der Waals surface area (Å²) >= 11 is 1.05. The van der Waals surface area contributed by atoms with Gasteiger partial charge in [0.1, 0.15) is 0 Å². The number of alkyl halides is 3.